The van der Waals surface area contributed by atoms with Crippen LogP contribution in [0.4, 0.5) is 4.39 Å². The predicted molar refractivity (Wildman–Crippen MR) is 113 cm³/mol. The summed E-state index contributed by atoms with van der Waals surface area (Å²) in [5, 5.41) is 0. The third-order valence-electron chi connectivity index (χ3n) is 7.30. The Morgan fingerprint density at radius 1 is 0.900 bits per heavy atom. The van der Waals surface area contributed by atoms with Crippen LogP contribution in [0.25, 0.3) is 0 Å². The van der Waals surface area contributed by atoms with Gasteiger partial charge in [-0.2, -0.15) is 0 Å². The molecular formula is C25H27FN2O2. The maximum absolute atomic E-state index is 13.5. The summed E-state index contributed by atoms with van der Waals surface area (Å²) in [6, 6.07) is 14.3. The zero-order chi connectivity index (χ0) is 20.7. The number of carbonyl (C=O) groups is 2. The van der Waals surface area contributed by atoms with Gasteiger partial charge >= 0.3 is 0 Å². The van der Waals surface area contributed by atoms with E-state index in [0.717, 1.165) is 45.2 Å². The molecular weight excluding hydrogens is 379 g/mol. The normalized spacial score (nSPS) is 22.4. The van der Waals surface area contributed by atoms with Crippen molar-refractivity contribution >= 4 is 11.8 Å². The molecule has 0 saturated carbocycles. The maximum atomic E-state index is 13.5. The number of hydrogen-bond acceptors (Lipinski definition) is 2. The number of hydrogen-bond donors (Lipinski definition) is 0. The quantitative estimate of drug-likeness (QED) is 0.753. The van der Waals surface area contributed by atoms with Crippen LogP contribution >= 0.6 is 0 Å². The number of rotatable bonds is 2. The Morgan fingerprint density at radius 2 is 1.63 bits per heavy atom. The molecule has 1 aliphatic carbocycles. The predicted octanol–water partition coefficient (Wildman–Crippen LogP) is 4.11. The van der Waals surface area contributed by atoms with Crippen LogP contribution < -0.4 is 0 Å². The molecule has 1 spiro atoms. The minimum Gasteiger partial charge on any atom is -0.342 e. The zero-order valence-electron chi connectivity index (χ0n) is 17.1. The van der Waals surface area contributed by atoms with Crippen LogP contribution in [0.1, 0.15) is 59.5 Å². The molecule has 30 heavy (non-hydrogen) atoms. The lowest BCUT2D eigenvalue weighted by atomic mass is 9.73. The fourth-order valence-electron chi connectivity index (χ4n) is 5.69. The fraction of sp³-hybridized carbons (Fsp3) is 0.440. The van der Waals surface area contributed by atoms with Crippen LogP contribution in [0.15, 0.2) is 48.5 Å². The van der Waals surface area contributed by atoms with Crippen molar-refractivity contribution in [2.45, 2.75) is 43.4 Å². The topological polar surface area (TPSA) is 40.6 Å². The van der Waals surface area contributed by atoms with Gasteiger partial charge in [0.25, 0.3) is 5.91 Å². The highest BCUT2D eigenvalue weighted by Crippen LogP contribution is 2.52. The Balaban J connectivity index is 1.36. The Labute approximate surface area is 176 Å². The summed E-state index contributed by atoms with van der Waals surface area (Å²) in [6.45, 7) is 3.02. The smallest absolute Gasteiger partial charge is 0.253 e. The Hall–Kier alpha value is -2.69. The van der Waals surface area contributed by atoms with Gasteiger partial charge in [-0.1, -0.05) is 30.3 Å². The average molecular weight is 407 g/mol. The number of carbonyl (C=O) groups excluding carboxylic acids is 2. The van der Waals surface area contributed by atoms with E-state index in [2.05, 4.69) is 18.2 Å². The highest BCUT2D eigenvalue weighted by Gasteiger charge is 2.48. The first-order valence-corrected chi connectivity index (χ1v) is 11.0. The molecule has 2 amide bonds. The molecule has 0 aromatic heterocycles. The maximum Gasteiger partial charge on any atom is 0.253 e. The molecule has 0 radical (unpaired) electrons. The van der Waals surface area contributed by atoms with Gasteiger partial charge < -0.3 is 9.80 Å². The van der Waals surface area contributed by atoms with Crippen molar-refractivity contribution in [3.63, 3.8) is 0 Å². The molecule has 2 aromatic carbocycles. The summed E-state index contributed by atoms with van der Waals surface area (Å²) in [5.41, 5.74) is 2.83. The SMILES string of the molecule is O=C(c1cccc(F)c1)N1CCC2(CC1)C[C@H](C(=O)N1CCCC1)c1ccccc12. The van der Waals surface area contributed by atoms with Crippen molar-refractivity contribution in [2.75, 3.05) is 26.2 Å². The van der Waals surface area contributed by atoms with Crippen molar-refractivity contribution in [2.24, 2.45) is 0 Å². The fourth-order valence-corrected chi connectivity index (χ4v) is 5.69. The minimum absolute atomic E-state index is 0.0463. The third-order valence-corrected chi connectivity index (χ3v) is 7.30. The third kappa shape index (κ3) is 3.21. The number of amides is 2. The summed E-state index contributed by atoms with van der Waals surface area (Å²) in [5.74, 6) is -0.289. The van der Waals surface area contributed by atoms with Gasteiger partial charge in [0.1, 0.15) is 5.82 Å². The van der Waals surface area contributed by atoms with Gasteiger partial charge in [0.2, 0.25) is 5.91 Å². The number of nitrogens with zero attached hydrogens (tertiary/aromatic N) is 2. The number of halogens is 1. The molecule has 2 aliphatic heterocycles. The molecule has 0 N–H and O–H groups in total. The summed E-state index contributed by atoms with van der Waals surface area (Å²) in [6.07, 6.45) is 4.72. The minimum atomic E-state index is -0.387. The van der Waals surface area contributed by atoms with E-state index < -0.39 is 0 Å². The number of piperidine rings is 1. The van der Waals surface area contributed by atoms with Gasteiger partial charge in [-0.25, -0.2) is 4.39 Å². The molecule has 156 valence electrons. The first kappa shape index (κ1) is 19.3. The molecule has 2 saturated heterocycles. The summed E-state index contributed by atoms with van der Waals surface area (Å²) in [4.78, 5) is 30.0. The average Bonchev–Trinajstić information content (AvgIpc) is 3.41. The van der Waals surface area contributed by atoms with E-state index in [9.17, 15) is 14.0 Å². The van der Waals surface area contributed by atoms with Gasteiger partial charge in [-0.05, 0) is 61.4 Å². The largest absolute Gasteiger partial charge is 0.342 e. The van der Waals surface area contributed by atoms with Gasteiger partial charge in [-0.15, -0.1) is 0 Å². The van der Waals surface area contributed by atoms with Crippen molar-refractivity contribution < 1.29 is 14.0 Å². The molecule has 3 aliphatic rings. The summed E-state index contributed by atoms with van der Waals surface area (Å²) in [7, 11) is 0. The van der Waals surface area contributed by atoms with Crippen LogP contribution in [0.5, 0.6) is 0 Å². The number of benzene rings is 2. The lowest BCUT2D eigenvalue weighted by molar-refractivity contribution is -0.132. The highest BCUT2D eigenvalue weighted by atomic mass is 19.1. The van der Waals surface area contributed by atoms with Crippen LogP contribution in [-0.4, -0.2) is 47.8 Å². The zero-order valence-corrected chi connectivity index (χ0v) is 17.1. The lowest BCUT2D eigenvalue weighted by Gasteiger charge is -2.40. The highest BCUT2D eigenvalue weighted by molar-refractivity contribution is 5.94. The van der Waals surface area contributed by atoms with Gasteiger partial charge in [-0.3, -0.25) is 9.59 Å². The standard InChI is InChI=1S/C25H27FN2O2/c26-19-7-5-6-18(16-19)23(29)28-14-10-25(11-15-28)17-21(20-8-1-2-9-22(20)25)24(30)27-12-3-4-13-27/h1-2,5-9,16,21H,3-4,10-15,17H2/t21-/m0/s1. The molecule has 5 heteroatoms. The molecule has 5 rings (SSSR count). The van der Waals surface area contributed by atoms with E-state index in [1.807, 2.05) is 15.9 Å². The second-order valence-electron chi connectivity index (χ2n) is 8.96. The number of fused-ring (bicyclic) bond motifs is 2. The number of likely N-dealkylation sites (tertiary alicyclic amines) is 2. The van der Waals surface area contributed by atoms with Crippen molar-refractivity contribution in [1.82, 2.24) is 9.80 Å². The lowest BCUT2D eigenvalue weighted by Crippen LogP contribution is -2.44. The Morgan fingerprint density at radius 3 is 2.37 bits per heavy atom. The van der Waals surface area contributed by atoms with Crippen LogP contribution in [0.3, 0.4) is 0 Å². The Bertz CT molecular complexity index is 975. The van der Waals surface area contributed by atoms with Crippen molar-refractivity contribution in [3.8, 4) is 0 Å². The molecule has 2 heterocycles. The van der Waals surface area contributed by atoms with E-state index >= 15 is 0 Å². The van der Waals surface area contributed by atoms with E-state index in [4.69, 9.17) is 0 Å². The van der Waals surface area contributed by atoms with Gasteiger partial charge in [0, 0.05) is 37.2 Å². The van der Waals surface area contributed by atoms with E-state index in [1.165, 1.54) is 23.3 Å². The first-order valence-electron chi connectivity index (χ1n) is 11.0. The summed E-state index contributed by atoms with van der Waals surface area (Å²) >= 11 is 0. The second kappa shape index (κ2) is 7.53. The second-order valence-corrected chi connectivity index (χ2v) is 8.96. The van der Waals surface area contributed by atoms with E-state index in [1.54, 1.807) is 12.1 Å². The molecule has 2 fully saturated rings. The van der Waals surface area contributed by atoms with Gasteiger partial charge in [0.05, 0.1) is 5.92 Å². The first-order chi connectivity index (χ1) is 14.6. The van der Waals surface area contributed by atoms with E-state index in [-0.39, 0.29) is 29.0 Å². The van der Waals surface area contributed by atoms with E-state index in [0.29, 0.717) is 18.7 Å². The molecule has 0 unspecified atom stereocenters. The monoisotopic (exact) mass is 406 g/mol. The molecule has 1 atom stereocenters. The van der Waals surface area contributed by atoms with Crippen LogP contribution in [0.2, 0.25) is 0 Å². The van der Waals surface area contributed by atoms with Crippen molar-refractivity contribution in [1.29, 1.82) is 0 Å². The molecule has 2 aromatic rings. The van der Waals surface area contributed by atoms with Crippen LogP contribution in [0, 0.1) is 5.82 Å². The van der Waals surface area contributed by atoms with Gasteiger partial charge in [0.15, 0.2) is 0 Å². The molecule has 0 bridgehead atoms. The Kier molecular flexibility index (Phi) is 4.84. The van der Waals surface area contributed by atoms with Crippen LogP contribution in [-0.2, 0) is 10.2 Å². The van der Waals surface area contributed by atoms with Crippen molar-refractivity contribution in [3.05, 3.63) is 71.0 Å². The summed E-state index contributed by atoms with van der Waals surface area (Å²) < 4.78 is 13.5. The molecule has 4 nitrogen and oxygen atoms in total.